The summed E-state index contributed by atoms with van der Waals surface area (Å²) < 4.78 is 34.3. The average molecular weight is 532 g/mol. The van der Waals surface area contributed by atoms with Crippen molar-refractivity contribution in [3.8, 4) is 5.75 Å². The summed E-state index contributed by atoms with van der Waals surface area (Å²) in [4.78, 5) is 37.5. The van der Waals surface area contributed by atoms with Crippen molar-refractivity contribution in [3.05, 3.63) is 90.4 Å². The Labute approximate surface area is 219 Å². The van der Waals surface area contributed by atoms with Crippen LogP contribution in [0.15, 0.2) is 84.1 Å². The Morgan fingerprint density at radius 3 is 2.26 bits per heavy atom. The molecule has 0 spiro atoms. The Morgan fingerprint density at radius 1 is 0.868 bits per heavy atom. The molecular weight excluding hydrogens is 506 g/mol. The highest BCUT2D eigenvalue weighted by Gasteiger charge is 2.27. The highest BCUT2D eigenvalue weighted by Crippen LogP contribution is 2.28. The number of hydrogen-bond donors (Lipinski definition) is 1. The number of para-hydroxylation sites is 1. The van der Waals surface area contributed by atoms with Crippen molar-refractivity contribution in [1.29, 1.82) is 0 Å². The number of piperazine rings is 1. The van der Waals surface area contributed by atoms with E-state index in [0.29, 0.717) is 48.2 Å². The van der Waals surface area contributed by atoms with Crippen LogP contribution in [0, 0.1) is 0 Å². The fourth-order valence-electron chi connectivity index (χ4n) is 4.39. The van der Waals surface area contributed by atoms with E-state index < -0.39 is 10.0 Å². The Kier molecular flexibility index (Phi) is 6.93. The Hall–Kier alpha value is -4.51. The van der Waals surface area contributed by atoms with Gasteiger partial charge in [0.15, 0.2) is 0 Å². The van der Waals surface area contributed by atoms with Crippen LogP contribution in [0.5, 0.6) is 5.75 Å². The standard InChI is InChI=1S/C27H25N5O5S/c1-37-23-18-21(30-38(35,36)24-6-2-4-19-5-3-11-29-25(19)24)7-8-22(23)27(34)32-16-14-31(15-17-32)26(33)20-9-12-28-13-10-20/h2-13,18,30H,14-17H2,1H3. The quantitative estimate of drug-likeness (QED) is 0.406. The van der Waals surface area contributed by atoms with Crippen molar-refractivity contribution in [2.45, 2.75) is 4.90 Å². The van der Waals surface area contributed by atoms with Gasteiger partial charge >= 0.3 is 0 Å². The van der Waals surface area contributed by atoms with Gasteiger partial charge in [-0.05, 0) is 36.4 Å². The number of aromatic nitrogens is 2. The number of pyridine rings is 2. The zero-order valence-electron chi connectivity index (χ0n) is 20.6. The van der Waals surface area contributed by atoms with Crippen LogP contribution in [0.25, 0.3) is 10.9 Å². The molecule has 1 saturated heterocycles. The molecule has 0 radical (unpaired) electrons. The lowest BCUT2D eigenvalue weighted by Crippen LogP contribution is -2.50. The lowest BCUT2D eigenvalue weighted by atomic mass is 10.1. The summed E-state index contributed by atoms with van der Waals surface area (Å²) in [6.07, 6.45) is 4.68. The number of nitrogens with one attached hydrogen (secondary N) is 1. The third-order valence-corrected chi connectivity index (χ3v) is 7.76. The summed E-state index contributed by atoms with van der Waals surface area (Å²) in [7, 11) is -2.54. The van der Waals surface area contributed by atoms with Crippen molar-refractivity contribution in [3.63, 3.8) is 0 Å². The molecule has 2 aromatic carbocycles. The summed E-state index contributed by atoms with van der Waals surface area (Å²) >= 11 is 0. The molecule has 38 heavy (non-hydrogen) atoms. The molecule has 1 aliphatic heterocycles. The number of sulfonamides is 1. The summed E-state index contributed by atoms with van der Waals surface area (Å²) in [5.41, 5.74) is 1.47. The molecule has 0 bridgehead atoms. The summed E-state index contributed by atoms with van der Waals surface area (Å²) in [6.45, 7) is 1.51. The molecule has 10 nitrogen and oxygen atoms in total. The van der Waals surface area contributed by atoms with Gasteiger partial charge in [0.05, 0.1) is 23.9 Å². The molecule has 4 aromatic rings. The first-order valence-corrected chi connectivity index (χ1v) is 13.4. The zero-order valence-corrected chi connectivity index (χ0v) is 21.4. The first-order chi connectivity index (χ1) is 18.4. The number of anilines is 1. The highest BCUT2D eigenvalue weighted by molar-refractivity contribution is 7.93. The van der Waals surface area contributed by atoms with E-state index in [1.807, 2.05) is 0 Å². The van der Waals surface area contributed by atoms with Gasteiger partial charge in [-0.1, -0.05) is 18.2 Å². The van der Waals surface area contributed by atoms with Crippen LogP contribution in [0.3, 0.4) is 0 Å². The normalized spacial score (nSPS) is 13.8. The van der Waals surface area contributed by atoms with E-state index in [-0.39, 0.29) is 28.1 Å². The van der Waals surface area contributed by atoms with Crippen molar-refractivity contribution in [2.24, 2.45) is 0 Å². The van der Waals surface area contributed by atoms with Crippen LogP contribution in [0.1, 0.15) is 20.7 Å². The van der Waals surface area contributed by atoms with E-state index in [2.05, 4.69) is 14.7 Å². The van der Waals surface area contributed by atoms with Gasteiger partial charge in [-0.2, -0.15) is 0 Å². The molecule has 11 heteroatoms. The van der Waals surface area contributed by atoms with Gasteiger partial charge in [-0.15, -0.1) is 0 Å². The summed E-state index contributed by atoms with van der Waals surface area (Å²) in [5.74, 6) is -0.123. The van der Waals surface area contributed by atoms with Gasteiger partial charge in [-0.25, -0.2) is 8.42 Å². The molecule has 2 aromatic heterocycles. The number of rotatable bonds is 6. The summed E-state index contributed by atoms with van der Waals surface area (Å²) in [5, 5.41) is 0.705. The van der Waals surface area contributed by atoms with Gasteiger partial charge in [0.1, 0.15) is 10.6 Å². The first kappa shape index (κ1) is 25.2. The fourth-order valence-corrected chi connectivity index (χ4v) is 5.62. The predicted octanol–water partition coefficient (Wildman–Crippen LogP) is 3.04. The average Bonchev–Trinajstić information content (AvgIpc) is 2.96. The van der Waals surface area contributed by atoms with Crippen molar-refractivity contribution < 1.29 is 22.7 Å². The minimum Gasteiger partial charge on any atom is -0.496 e. The number of amides is 2. The molecular formula is C27H25N5O5S. The monoisotopic (exact) mass is 531 g/mol. The number of hydrogen-bond acceptors (Lipinski definition) is 7. The maximum atomic E-state index is 13.3. The Bertz CT molecular complexity index is 1600. The van der Waals surface area contributed by atoms with Gasteiger partial charge in [-0.3, -0.25) is 24.3 Å². The SMILES string of the molecule is COc1cc(NS(=O)(=O)c2cccc3cccnc23)ccc1C(=O)N1CCN(C(=O)c2ccncc2)CC1. The molecule has 194 valence electrons. The van der Waals surface area contributed by atoms with Gasteiger partial charge in [0.2, 0.25) is 0 Å². The number of carbonyl (C=O) groups is 2. The Balaban J connectivity index is 1.30. The number of ether oxygens (including phenoxy) is 1. The molecule has 2 amide bonds. The van der Waals surface area contributed by atoms with Crippen molar-refractivity contribution >= 4 is 38.4 Å². The Morgan fingerprint density at radius 2 is 1.55 bits per heavy atom. The smallest absolute Gasteiger partial charge is 0.264 e. The van der Waals surface area contributed by atoms with E-state index in [9.17, 15) is 18.0 Å². The molecule has 5 rings (SSSR count). The molecule has 1 fully saturated rings. The van der Waals surface area contributed by atoms with Crippen LogP contribution < -0.4 is 9.46 Å². The molecule has 0 saturated carbocycles. The van der Waals surface area contributed by atoms with Crippen LogP contribution in [0.2, 0.25) is 0 Å². The van der Waals surface area contributed by atoms with E-state index in [1.54, 1.807) is 64.8 Å². The van der Waals surface area contributed by atoms with E-state index >= 15 is 0 Å². The predicted molar refractivity (Wildman–Crippen MR) is 142 cm³/mol. The highest BCUT2D eigenvalue weighted by atomic mass is 32.2. The lowest BCUT2D eigenvalue weighted by molar-refractivity contribution is 0.0533. The van der Waals surface area contributed by atoms with Crippen molar-refractivity contribution in [2.75, 3.05) is 38.0 Å². The minimum absolute atomic E-state index is 0.0499. The van der Waals surface area contributed by atoms with Gasteiger partial charge < -0.3 is 14.5 Å². The van der Waals surface area contributed by atoms with Crippen LogP contribution >= 0.6 is 0 Å². The second-order valence-corrected chi connectivity index (χ2v) is 10.3. The fraction of sp³-hybridized carbons (Fsp3) is 0.185. The molecule has 0 atom stereocenters. The van der Waals surface area contributed by atoms with Crippen LogP contribution in [-0.2, 0) is 10.0 Å². The molecule has 0 unspecified atom stereocenters. The molecule has 1 N–H and O–H groups in total. The lowest BCUT2D eigenvalue weighted by Gasteiger charge is -2.35. The van der Waals surface area contributed by atoms with Crippen LogP contribution in [0.4, 0.5) is 5.69 Å². The number of nitrogens with zero attached hydrogens (tertiary/aromatic N) is 4. The molecule has 0 aliphatic carbocycles. The topological polar surface area (TPSA) is 122 Å². The van der Waals surface area contributed by atoms with Gasteiger partial charge in [0, 0.05) is 61.8 Å². The second-order valence-electron chi connectivity index (χ2n) is 8.67. The number of fused-ring (bicyclic) bond motifs is 1. The molecule has 3 heterocycles. The van der Waals surface area contributed by atoms with Crippen LogP contribution in [-0.4, -0.2) is 73.3 Å². The maximum Gasteiger partial charge on any atom is 0.264 e. The third-order valence-electron chi connectivity index (χ3n) is 6.35. The van der Waals surface area contributed by atoms with E-state index in [1.165, 1.54) is 31.4 Å². The summed E-state index contributed by atoms with van der Waals surface area (Å²) in [6, 6.07) is 16.3. The van der Waals surface area contributed by atoms with Crippen molar-refractivity contribution in [1.82, 2.24) is 19.8 Å². The number of methoxy groups -OCH3 is 1. The third kappa shape index (κ3) is 5.00. The maximum absolute atomic E-state index is 13.3. The first-order valence-electron chi connectivity index (χ1n) is 11.9. The number of carbonyl (C=O) groups excluding carboxylic acids is 2. The van der Waals surface area contributed by atoms with E-state index in [4.69, 9.17) is 4.74 Å². The van der Waals surface area contributed by atoms with E-state index in [0.717, 1.165) is 0 Å². The molecule has 1 aliphatic rings. The van der Waals surface area contributed by atoms with Gasteiger partial charge in [0.25, 0.3) is 21.8 Å². The minimum atomic E-state index is -3.96. The second kappa shape index (κ2) is 10.5. The zero-order chi connectivity index (χ0) is 26.7. The largest absolute Gasteiger partial charge is 0.496 e. The number of benzene rings is 2.